The van der Waals surface area contributed by atoms with Crippen LogP contribution in [0.1, 0.15) is 5.56 Å². The number of fused-ring (bicyclic) bond motifs is 10. The predicted molar refractivity (Wildman–Crippen MR) is 168 cm³/mol. The number of nitrogen functional groups attached to an aromatic ring is 1. The van der Waals surface area contributed by atoms with Crippen LogP contribution in [0.5, 0.6) is 0 Å². The maximum atomic E-state index is 7.32. The van der Waals surface area contributed by atoms with Crippen molar-refractivity contribution in [3.05, 3.63) is 133 Å². The molecule has 0 amide bonds. The van der Waals surface area contributed by atoms with Gasteiger partial charge in [0, 0.05) is 38.5 Å². The molecule has 0 spiro atoms. The number of aromatic nitrogens is 1. The highest BCUT2D eigenvalue weighted by Crippen LogP contribution is 2.50. The molecule has 2 heteroatoms. The van der Waals surface area contributed by atoms with Gasteiger partial charge in [-0.05, 0) is 57.8 Å². The Hall–Kier alpha value is -5.08. The fourth-order valence-corrected chi connectivity index (χ4v) is 6.64. The molecular formula is C37H26N2. The fraction of sp³-hybridized carbons (Fsp3) is 0.0270. The lowest BCUT2D eigenvalue weighted by molar-refractivity contribution is 1.19. The monoisotopic (exact) mass is 498 g/mol. The first-order valence-corrected chi connectivity index (χ1v) is 13.4. The molecule has 0 saturated carbocycles. The summed E-state index contributed by atoms with van der Waals surface area (Å²) in [6, 6.07) is 45.5. The second-order valence-corrected chi connectivity index (χ2v) is 10.4. The summed E-state index contributed by atoms with van der Waals surface area (Å²) in [6.45, 7) is 2.17. The van der Waals surface area contributed by atoms with Gasteiger partial charge in [-0.25, -0.2) is 0 Å². The smallest absolute Gasteiger partial charge is 0.0632 e. The first-order chi connectivity index (χ1) is 19.2. The van der Waals surface area contributed by atoms with Crippen LogP contribution >= 0.6 is 0 Å². The van der Waals surface area contributed by atoms with Gasteiger partial charge in [0.2, 0.25) is 0 Å². The largest absolute Gasteiger partial charge is 0.398 e. The molecule has 0 saturated heterocycles. The molecule has 0 atom stereocenters. The van der Waals surface area contributed by atoms with Crippen LogP contribution in [-0.4, -0.2) is 4.57 Å². The summed E-state index contributed by atoms with van der Waals surface area (Å²) in [4.78, 5) is 0. The van der Waals surface area contributed by atoms with Gasteiger partial charge in [0.1, 0.15) is 0 Å². The van der Waals surface area contributed by atoms with Crippen LogP contribution in [0.15, 0.2) is 127 Å². The predicted octanol–water partition coefficient (Wildman–Crippen LogP) is 9.80. The summed E-state index contributed by atoms with van der Waals surface area (Å²) in [5, 5.41) is 9.65. The number of nitrogens with zero attached hydrogens (tertiary/aromatic N) is 1. The Bertz CT molecular complexity index is 2240. The molecule has 184 valence electrons. The molecule has 8 rings (SSSR count). The van der Waals surface area contributed by atoms with Crippen LogP contribution in [-0.2, 0) is 0 Å². The first-order valence-electron chi connectivity index (χ1n) is 13.4. The van der Waals surface area contributed by atoms with Crippen molar-refractivity contribution >= 4 is 59.8 Å². The lowest BCUT2D eigenvalue weighted by atomic mass is 9.86. The van der Waals surface area contributed by atoms with Crippen molar-refractivity contribution in [2.24, 2.45) is 0 Å². The molecule has 7 aromatic carbocycles. The van der Waals surface area contributed by atoms with Crippen molar-refractivity contribution in [1.29, 1.82) is 0 Å². The van der Waals surface area contributed by atoms with E-state index < -0.39 is 0 Å². The Morgan fingerprint density at radius 1 is 0.487 bits per heavy atom. The summed E-state index contributed by atoms with van der Waals surface area (Å²) in [5.41, 5.74) is 15.2. The molecule has 2 N–H and O–H groups in total. The second-order valence-electron chi connectivity index (χ2n) is 10.4. The highest BCUT2D eigenvalue weighted by atomic mass is 15.0. The van der Waals surface area contributed by atoms with E-state index in [1.807, 2.05) is 0 Å². The minimum Gasteiger partial charge on any atom is -0.398 e. The maximum Gasteiger partial charge on any atom is 0.0632 e. The topological polar surface area (TPSA) is 30.9 Å². The van der Waals surface area contributed by atoms with E-state index in [0.29, 0.717) is 0 Å². The zero-order valence-electron chi connectivity index (χ0n) is 21.6. The van der Waals surface area contributed by atoms with Crippen LogP contribution in [0.25, 0.3) is 70.9 Å². The summed E-state index contributed by atoms with van der Waals surface area (Å²) in [5.74, 6) is 0. The average Bonchev–Trinajstić information content (AvgIpc) is 3.33. The quantitative estimate of drug-likeness (QED) is 0.187. The van der Waals surface area contributed by atoms with Gasteiger partial charge in [-0.3, -0.25) is 0 Å². The lowest BCUT2D eigenvalue weighted by Gasteiger charge is -2.20. The van der Waals surface area contributed by atoms with Crippen LogP contribution < -0.4 is 5.73 Å². The van der Waals surface area contributed by atoms with Crippen molar-refractivity contribution in [1.82, 2.24) is 4.57 Å². The number of para-hydroxylation sites is 2. The summed E-state index contributed by atoms with van der Waals surface area (Å²) in [6.07, 6.45) is 0. The third kappa shape index (κ3) is 2.97. The zero-order valence-corrected chi connectivity index (χ0v) is 21.6. The molecule has 0 radical (unpaired) electrons. The van der Waals surface area contributed by atoms with E-state index in [2.05, 4.69) is 139 Å². The fourth-order valence-electron chi connectivity index (χ4n) is 6.64. The van der Waals surface area contributed by atoms with E-state index in [1.54, 1.807) is 0 Å². The van der Waals surface area contributed by atoms with Gasteiger partial charge < -0.3 is 10.3 Å². The van der Waals surface area contributed by atoms with Gasteiger partial charge in [0.25, 0.3) is 0 Å². The number of aryl methyl sites for hydroxylation is 1. The van der Waals surface area contributed by atoms with Gasteiger partial charge in [-0.1, -0.05) is 109 Å². The van der Waals surface area contributed by atoms with Crippen LogP contribution in [0, 0.1) is 6.92 Å². The second kappa shape index (κ2) is 8.21. The summed E-state index contributed by atoms with van der Waals surface area (Å²) < 4.78 is 2.43. The minimum atomic E-state index is 0.834. The van der Waals surface area contributed by atoms with Crippen molar-refractivity contribution in [3.8, 4) is 16.8 Å². The molecule has 0 aliphatic carbocycles. The molecule has 0 bridgehead atoms. The Labute approximate surface area is 226 Å². The average molecular weight is 499 g/mol. The van der Waals surface area contributed by atoms with Crippen LogP contribution in [0.4, 0.5) is 5.69 Å². The van der Waals surface area contributed by atoms with E-state index in [0.717, 1.165) is 22.3 Å². The molecule has 0 unspecified atom stereocenters. The number of hydrogen-bond donors (Lipinski definition) is 1. The molecule has 8 aromatic rings. The zero-order chi connectivity index (χ0) is 26.1. The Morgan fingerprint density at radius 2 is 1.03 bits per heavy atom. The summed E-state index contributed by atoms with van der Waals surface area (Å²) >= 11 is 0. The standard InChI is InChI=1S/C37H26N2/c1-23-13-5-6-16-25(23)32-26-17-7-10-20-29(26)35-34(36(32)38)28-19-9-8-18-27(28)33-30-21-11-12-22-31(30)39(37(33)35)24-14-3-2-4-15-24/h2-22H,38H2,1H3. The van der Waals surface area contributed by atoms with Gasteiger partial charge in [0.15, 0.2) is 0 Å². The van der Waals surface area contributed by atoms with Crippen molar-refractivity contribution in [2.75, 3.05) is 5.73 Å². The number of anilines is 1. The third-order valence-corrected chi connectivity index (χ3v) is 8.26. The minimum absolute atomic E-state index is 0.834. The molecular weight excluding hydrogens is 472 g/mol. The van der Waals surface area contributed by atoms with Crippen molar-refractivity contribution in [2.45, 2.75) is 6.92 Å². The van der Waals surface area contributed by atoms with E-state index in [1.165, 1.54) is 59.9 Å². The molecule has 0 aliphatic heterocycles. The highest BCUT2D eigenvalue weighted by molar-refractivity contribution is 6.40. The molecule has 1 heterocycles. The van der Waals surface area contributed by atoms with Crippen LogP contribution in [0.2, 0.25) is 0 Å². The number of nitrogens with two attached hydrogens (primary N) is 1. The van der Waals surface area contributed by atoms with Crippen LogP contribution in [0.3, 0.4) is 0 Å². The summed E-state index contributed by atoms with van der Waals surface area (Å²) in [7, 11) is 0. The lowest BCUT2D eigenvalue weighted by Crippen LogP contribution is -1.99. The van der Waals surface area contributed by atoms with Gasteiger partial charge in [0.05, 0.1) is 11.0 Å². The van der Waals surface area contributed by atoms with E-state index in [4.69, 9.17) is 5.73 Å². The Kier molecular flexibility index (Phi) is 4.62. The number of rotatable bonds is 2. The number of benzene rings is 7. The van der Waals surface area contributed by atoms with Crippen molar-refractivity contribution in [3.63, 3.8) is 0 Å². The third-order valence-electron chi connectivity index (χ3n) is 8.26. The highest BCUT2D eigenvalue weighted by Gasteiger charge is 2.24. The molecule has 0 fully saturated rings. The SMILES string of the molecule is Cc1ccccc1-c1c(N)c2c3ccccc3c3c4ccccc4n(-c4ccccc4)c3c2c2ccccc12. The molecule has 0 aliphatic rings. The molecule has 39 heavy (non-hydrogen) atoms. The Balaban J connectivity index is 1.75. The maximum absolute atomic E-state index is 7.32. The Morgan fingerprint density at radius 3 is 1.74 bits per heavy atom. The van der Waals surface area contributed by atoms with Gasteiger partial charge in [-0.15, -0.1) is 0 Å². The van der Waals surface area contributed by atoms with Gasteiger partial charge >= 0.3 is 0 Å². The number of hydrogen-bond acceptors (Lipinski definition) is 1. The first kappa shape index (κ1) is 22.0. The normalized spacial score (nSPS) is 11.8. The van der Waals surface area contributed by atoms with Gasteiger partial charge in [-0.2, -0.15) is 0 Å². The van der Waals surface area contributed by atoms with E-state index in [9.17, 15) is 0 Å². The molecule has 2 nitrogen and oxygen atoms in total. The molecule has 1 aromatic heterocycles. The van der Waals surface area contributed by atoms with E-state index >= 15 is 0 Å². The van der Waals surface area contributed by atoms with E-state index in [-0.39, 0.29) is 0 Å². The van der Waals surface area contributed by atoms with Crippen molar-refractivity contribution < 1.29 is 0 Å².